The molecule has 0 saturated carbocycles. The number of rotatable bonds is 2. The largest absolute Gasteiger partial charge is 0.409 e. The van der Waals surface area contributed by atoms with Gasteiger partial charge in [0.2, 0.25) is 0 Å². The standard InChI is InChI=1S/C15H15N5O/c1-9-10(2)20(8-17-9)15-12(14(16)19-21)7-11-5-3-4-6-13(11)18-15/h3-8,21H,1-2H3,(H2,16,19). The number of fused-ring (bicyclic) bond motifs is 1. The van der Waals surface area contributed by atoms with Crippen molar-refractivity contribution in [3.63, 3.8) is 0 Å². The number of nitrogens with zero attached hydrogens (tertiary/aromatic N) is 4. The number of nitrogens with two attached hydrogens (primary N) is 1. The number of hydrogen-bond acceptors (Lipinski definition) is 4. The van der Waals surface area contributed by atoms with E-state index >= 15 is 0 Å². The summed E-state index contributed by atoms with van der Waals surface area (Å²) in [5.74, 6) is 0.621. The predicted octanol–water partition coefficient (Wildman–Crippen LogP) is 2.13. The normalized spacial score (nSPS) is 12.0. The van der Waals surface area contributed by atoms with Crippen LogP contribution in [0.5, 0.6) is 0 Å². The van der Waals surface area contributed by atoms with Gasteiger partial charge in [-0.15, -0.1) is 0 Å². The Morgan fingerprint density at radius 1 is 1.29 bits per heavy atom. The van der Waals surface area contributed by atoms with Crippen molar-refractivity contribution in [3.8, 4) is 5.82 Å². The first-order valence-corrected chi connectivity index (χ1v) is 6.50. The molecule has 0 spiro atoms. The summed E-state index contributed by atoms with van der Waals surface area (Å²) >= 11 is 0. The van der Waals surface area contributed by atoms with Crippen LogP contribution in [0, 0.1) is 13.8 Å². The van der Waals surface area contributed by atoms with Crippen LogP contribution < -0.4 is 5.73 Å². The lowest BCUT2D eigenvalue weighted by molar-refractivity contribution is 0.318. The van der Waals surface area contributed by atoms with Gasteiger partial charge in [-0.3, -0.25) is 4.57 Å². The van der Waals surface area contributed by atoms with Crippen molar-refractivity contribution >= 4 is 16.7 Å². The molecule has 6 heteroatoms. The summed E-state index contributed by atoms with van der Waals surface area (Å²) in [6.07, 6.45) is 1.69. The minimum atomic E-state index is 0.0222. The van der Waals surface area contributed by atoms with E-state index in [0.29, 0.717) is 11.4 Å². The van der Waals surface area contributed by atoms with Gasteiger partial charge >= 0.3 is 0 Å². The third kappa shape index (κ3) is 2.10. The fourth-order valence-corrected chi connectivity index (χ4v) is 2.24. The van der Waals surface area contributed by atoms with Crippen molar-refractivity contribution in [2.45, 2.75) is 13.8 Å². The maximum atomic E-state index is 9.02. The van der Waals surface area contributed by atoms with Crippen molar-refractivity contribution < 1.29 is 5.21 Å². The van der Waals surface area contributed by atoms with Gasteiger partial charge in [0.1, 0.15) is 12.1 Å². The summed E-state index contributed by atoms with van der Waals surface area (Å²) in [6, 6.07) is 9.57. The summed E-state index contributed by atoms with van der Waals surface area (Å²) < 4.78 is 1.84. The van der Waals surface area contributed by atoms with Crippen LogP contribution in [0.2, 0.25) is 0 Å². The van der Waals surface area contributed by atoms with E-state index in [1.807, 2.05) is 48.7 Å². The smallest absolute Gasteiger partial charge is 0.173 e. The maximum Gasteiger partial charge on any atom is 0.173 e. The summed E-state index contributed by atoms with van der Waals surface area (Å²) in [7, 11) is 0. The SMILES string of the molecule is Cc1ncn(-c2nc3ccccc3cc2C(N)=NO)c1C. The molecule has 2 aromatic heterocycles. The van der Waals surface area contributed by atoms with Gasteiger partial charge in [-0.05, 0) is 26.0 Å². The molecular formula is C15H15N5O. The molecule has 0 atom stereocenters. The number of aromatic nitrogens is 3. The third-order valence-electron chi connectivity index (χ3n) is 3.57. The molecule has 0 aliphatic carbocycles. The molecule has 3 aromatic rings. The van der Waals surface area contributed by atoms with Gasteiger partial charge in [0.15, 0.2) is 5.84 Å². The Kier molecular flexibility index (Phi) is 3.06. The number of oxime groups is 1. The molecule has 0 bridgehead atoms. The number of para-hydroxylation sites is 1. The predicted molar refractivity (Wildman–Crippen MR) is 80.8 cm³/mol. The van der Waals surface area contributed by atoms with Crippen LogP contribution in [-0.2, 0) is 0 Å². The monoisotopic (exact) mass is 281 g/mol. The molecule has 0 unspecified atom stereocenters. The van der Waals surface area contributed by atoms with E-state index in [9.17, 15) is 0 Å². The van der Waals surface area contributed by atoms with Crippen molar-refractivity contribution in [1.29, 1.82) is 0 Å². The maximum absolute atomic E-state index is 9.02. The first-order chi connectivity index (χ1) is 10.1. The Hall–Kier alpha value is -2.89. The zero-order chi connectivity index (χ0) is 15.0. The molecule has 2 heterocycles. The van der Waals surface area contributed by atoms with E-state index in [0.717, 1.165) is 22.3 Å². The van der Waals surface area contributed by atoms with E-state index in [1.54, 1.807) is 6.33 Å². The van der Waals surface area contributed by atoms with E-state index in [-0.39, 0.29) is 5.84 Å². The number of imidazole rings is 1. The lowest BCUT2D eigenvalue weighted by Crippen LogP contribution is -2.17. The summed E-state index contributed by atoms with van der Waals surface area (Å²) in [6.45, 7) is 3.88. The molecule has 21 heavy (non-hydrogen) atoms. The zero-order valence-electron chi connectivity index (χ0n) is 11.8. The lowest BCUT2D eigenvalue weighted by Gasteiger charge is -2.11. The van der Waals surface area contributed by atoms with Crippen molar-refractivity contribution in [2.24, 2.45) is 10.9 Å². The number of hydrogen-bond donors (Lipinski definition) is 2. The number of pyridine rings is 1. The third-order valence-corrected chi connectivity index (χ3v) is 3.57. The molecule has 0 radical (unpaired) electrons. The Morgan fingerprint density at radius 3 is 2.71 bits per heavy atom. The molecule has 0 aliphatic rings. The second kappa shape index (κ2) is 4.90. The summed E-state index contributed by atoms with van der Waals surface area (Å²) in [5, 5.41) is 13.1. The Labute approximate surface area is 121 Å². The molecule has 0 saturated heterocycles. The quantitative estimate of drug-likeness (QED) is 0.326. The van der Waals surface area contributed by atoms with Crippen LogP contribution in [0.4, 0.5) is 0 Å². The van der Waals surface area contributed by atoms with Gasteiger partial charge in [0, 0.05) is 11.1 Å². The molecule has 6 nitrogen and oxygen atoms in total. The number of benzene rings is 1. The average Bonchev–Trinajstić information content (AvgIpc) is 2.85. The fourth-order valence-electron chi connectivity index (χ4n) is 2.24. The first kappa shape index (κ1) is 13.1. The fraction of sp³-hybridized carbons (Fsp3) is 0.133. The highest BCUT2D eigenvalue weighted by molar-refractivity contribution is 6.02. The highest BCUT2D eigenvalue weighted by atomic mass is 16.4. The van der Waals surface area contributed by atoms with Crippen LogP contribution >= 0.6 is 0 Å². The average molecular weight is 281 g/mol. The van der Waals surface area contributed by atoms with Crippen LogP contribution in [0.1, 0.15) is 17.0 Å². The van der Waals surface area contributed by atoms with Gasteiger partial charge < -0.3 is 10.9 Å². The van der Waals surface area contributed by atoms with Crippen molar-refractivity contribution in [2.75, 3.05) is 0 Å². The van der Waals surface area contributed by atoms with Gasteiger partial charge in [0.05, 0.1) is 16.8 Å². The Balaban J connectivity index is 2.36. The highest BCUT2D eigenvalue weighted by Gasteiger charge is 2.15. The zero-order valence-corrected chi connectivity index (χ0v) is 11.8. The summed E-state index contributed by atoms with van der Waals surface area (Å²) in [5.41, 5.74) is 9.09. The minimum absolute atomic E-state index is 0.0222. The lowest BCUT2D eigenvalue weighted by atomic mass is 10.1. The molecule has 1 aromatic carbocycles. The van der Waals surface area contributed by atoms with Crippen LogP contribution in [0.15, 0.2) is 41.8 Å². The minimum Gasteiger partial charge on any atom is -0.409 e. The van der Waals surface area contributed by atoms with Crippen LogP contribution in [-0.4, -0.2) is 25.6 Å². The summed E-state index contributed by atoms with van der Waals surface area (Å²) in [4.78, 5) is 8.92. The van der Waals surface area contributed by atoms with Crippen molar-refractivity contribution in [1.82, 2.24) is 14.5 Å². The van der Waals surface area contributed by atoms with Crippen LogP contribution in [0.25, 0.3) is 16.7 Å². The Morgan fingerprint density at radius 2 is 2.05 bits per heavy atom. The Bertz CT molecular complexity index is 850. The van der Waals surface area contributed by atoms with Gasteiger partial charge in [0.25, 0.3) is 0 Å². The molecular weight excluding hydrogens is 266 g/mol. The molecule has 0 fully saturated rings. The van der Waals surface area contributed by atoms with Crippen LogP contribution in [0.3, 0.4) is 0 Å². The highest BCUT2D eigenvalue weighted by Crippen LogP contribution is 2.21. The van der Waals surface area contributed by atoms with Gasteiger partial charge in [-0.25, -0.2) is 9.97 Å². The van der Waals surface area contributed by atoms with E-state index in [2.05, 4.69) is 15.1 Å². The molecule has 3 N–H and O–H groups in total. The molecule has 106 valence electrons. The molecule has 0 amide bonds. The topological polar surface area (TPSA) is 89.3 Å². The second-order valence-electron chi connectivity index (χ2n) is 4.82. The van der Waals surface area contributed by atoms with E-state index in [1.165, 1.54) is 0 Å². The number of amidine groups is 1. The van der Waals surface area contributed by atoms with Gasteiger partial charge in [-0.1, -0.05) is 23.4 Å². The second-order valence-corrected chi connectivity index (χ2v) is 4.82. The molecule has 0 aliphatic heterocycles. The van der Waals surface area contributed by atoms with Crippen molar-refractivity contribution in [3.05, 3.63) is 53.6 Å². The van der Waals surface area contributed by atoms with Gasteiger partial charge in [-0.2, -0.15) is 0 Å². The van der Waals surface area contributed by atoms with E-state index in [4.69, 9.17) is 10.9 Å². The van der Waals surface area contributed by atoms with E-state index < -0.39 is 0 Å². The number of aryl methyl sites for hydroxylation is 1. The first-order valence-electron chi connectivity index (χ1n) is 6.50. The molecule has 3 rings (SSSR count).